The molecule has 1 N–H and O–H groups in total. The Morgan fingerprint density at radius 1 is 1.21 bits per heavy atom. The monoisotopic (exact) mass is 392 g/mol. The summed E-state index contributed by atoms with van der Waals surface area (Å²) >= 11 is 0. The SMILES string of the molecule is O=C(Cn1cnc2ccc([N+](=O)[O-])cc2c1=O)Nc1cccc(C(F)(F)F)c1. The zero-order chi connectivity index (χ0) is 20.5. The van der Waals surface area contributed by atoms with Crippen molar-refractivity contribution in [3.8, 4) is 0 Å². The first-order valence-corrected chi connectivity index (χ1v) is 7.76. The zero-order valence-corrected chi connectivity index (χ0v) is 13.9. The van der Waals surface area contributed by atoms with Crippen molar-refractivity contribution in [2.24, 2.45) is 0 Å². The molecule has 0 saturated carbocycles. The molecule has 0 atom stereocenters. The van der Waals surface area contributed by atoms with Crippen LogP contribution in [0.25, 0.3) is 10.9 Å². The number of anilines is 1. The van der Waals surface area contributed by atoms with E-state index in [-0.39, 0.29) is 22.3 Å². The normalized spacial score (nSPS) is 11.4. The number of hydrogen-bond donors (Lipinski definition) is 1. The smallest absolute Gasteiger partial charge is 0.325 e. The van der Waals surface area contributed by atoms with Crippen LogP contribution < -0.4 is 10.9 Å². The third kappa shape index (κ3) is 3.98. The summed E-state index contributed by atoms with van der Waals surface area (Å²) in [6, 6.07) is 7.59. The van der Waals surface area contributed by atoms with Gasteiger partial charge >= 0.3 is 6.18 Å². The van der Waals surface area contributed by atoms with Gasteiger partial charge in [-0.05, 0) is 24.3 Å². The molecule has 28 heavy (non-hydrogen) atoms. The highest BCUT2D eigenvalue weighted by molar-refractivity contribution is 5.91. The van der Waals surface area contributed by atoms with E-state index in [0.29, 0.717) is 0 Å². The Kier molecular flexibility index (Phi) is 4.82. The second-order valence-corrected chi connectivity index (χ2v) is 5.76. The maximum absolute atomic E-state index is 12.7. The fourth-order valence-electron chi connectivity index (χ4n) is 2.50. The highest BCUT2D eigenvalue weighted by atomic mass is 19.4. The van der Waals surface area contributed by atoms with E-state index >= 15 is 0 Å². The van der Waals surface area contributed by atoms with Crippen LogP contribution in [0.4, 0.5) is 24.5 Å². The van der Waals surface area contributed by atoms with Crippen LogP contribution in [0.5, 0.6) is 0 Å². The minimum Gasteiger partial charge on any atom is -0.325 e. The molecular formula is C17H11F3N4O4. The fourth-order valence-corrected chi connectivity index (χ4v) is 2.50. The van der Waals surface area contributed by atoms with Crippen molar-refractivity contribution in [1.29, 1.82) is 0 Å². The van der Waals surface area contributed by atoms with Gasteiger partial charge in [-0.15, -0.1) is 0 Å². The predicted octanol–water partition coefficient (Wildman–Crippen LogP) is 2.96. The van der Waals surface area contributed by atoms with E-state index in [4.69, 9.17) is 0 Å². The van der Waals surface area contributed by atoms with Gasteiger partial charge in [-0.2, -0.15) is 13.2 Å². The molecule has 11 heteroatoms. The van der Waals surface area contributed by atoms with E-state index in [0.717, 1.165) is 35.2 Å². The number of fused-ring (bicyclic) bond motifs is 1. The van der Waals surface area contributed by atoms with Gasteiger partial charge in [-0.1, -0.05) is 6.07 Å². The molecule has 0 saturated heterocycles. The van der Waals surface area contributed by atoms with Crippen LogP contribution in [0.1, 0.15) is 5.56 Å². The van der Waals surface area contributed by atoms with Crippen LogP contribution in [0.2, 0.25) is 0 Å². The van der Waals surface area contributed by atoms with E-state index in [1.165, 1.54) is 18.2 Å². The standard InChI is InChI=1S/C17H11F3N4O4/c18-17(19,20)10-2-1-3-11(6-10)22-15(25)8-23-9-21-14-5-4-12(24(27)28)7-13(14)16(23)26/h1-7,9H,8H2,(H,22,25). The third-order valence-electron chi connectivity index (χ3n) is 3.81. The number of nitro groups is 1. The number of benzene rings is 2. The number of nitrogens with one attached hydrogen (secondary N) is 1. The number of aromatic nitrogens is 2. The third-order valence-corrected chi connectivity index (χ3v) is 3.81. The quantitative estimate of drug-likeness (QED) is 0.543. The molecule has 8 nitrogen and oxygen atoms in total. The Morgan fingerprint density at radius 2 is 1.96 bits per heavy atom. The Hall–Kier alpha value is -3.76. The Balaban J connectivity index is 1.84. The lowest BCUT2D eigenvalue weighted by molar-refractivity contribution is -0.384. The van der Waals surface area contributed by atoms with E-state index in [9.17, 15) is 32.9 Å². The van der Waals surface area contributed by atoms with E-state index in [2.05, 4.69) is 10.3 Å². The molecule has 3 aromatic rings. The number of amides is 1. The molecule has 144 valence electrons. The molecule has 0 aliphatic carbocycles. The fraction of sp³-hybridized carbons (Fsp3) is 0.118. The number of hydrogen-bond acceptors (Lipinski definition) is 5. The number of halogens is 3. The highest BCUT2D eigenvalue weighted by Gasteiger charge is 2.30. The molecule has 0 spiro atoms. The first-order chi connectivity index (χ1) is 13.1. The van der Waals surface area contributed by atoms with Crippen molar-refractivity contribution >= 4 is 28.2 Å². The van der Waals surface area contributed by atoms with Crippen molar-refractivity contribution < 1.29 is 22.9 Å². The number of carbonyl (C=O) groups is 1. The number of carbonyl (C=O) groups excluding carboxylic acids is 1. The number of nitrogens with zero attached hydrogens (tertiary/aromatic N) is 3. The largest absolute Gasteiger partial charge is 0.416 e. The summed E-state index contributed by atoms with van der Waals surface area (Å²) in [6.45, 7) is -0.527. The Bertz CT molecular complexity index is 1140. The molecule has 0 aliphatic rings. The minimum atomic E-state index is -4.56. The van der Waals surface area contributed by atoms with Gasteiger partial charge in [0.1, 0.15) is 6.54 Å². The second kappa shape index (κ2) is 7.10. The molecule has 0 fully saturated rings. The van der Waals surface area contributed by atoms with Gasteiger partial charge in [0.15, 0.2) is 0 Å². The Morgan fingerprint density at radius 3 is 2.64 bits per heavy atom. The molecule has 0 aliphatic heterocycles. The summed E-state index contributed by atoms with van der Waals surface area (Å²) in [7, 11) is 0. The van der Waals surface area contributed by atoms with Crippen LogP contribution >= 0.6 is 0 Å². The molecule has 0 unspecified atom stereocenters. The lowest BCUT2D eigenvalue weighted by Crippen LogP contribution is -2.28. The molecule has 0 radical (unpaired) electrons. The summed E-state index contributed by atoms with van der Waals surface area (Å²) < 4.78 is 39.1. The van der Waals surface area contributed by atoms with Crippen LogP contribution in [0, 0.1) is 10.1 Å². The highest BCUT2D eigenvalue weighted by Crippen LogP contribution is 2.30. The van der Waals surface area contributed by atoms with Gasteiger partial charge in [0.05, 0.1) is 27.7 Å². The first-order valence-electron chi connectivity index (χ1n) is 7.76. The first kappa shape index (κ1) is 19.0. The Labute approximate surface area is 154 Å². The molecule has 0 bridgehead atoms. The van der Waals surface area contributed by atoms with Crippen molar-refractivity contribution in [1.82, 2.24) is 9.55 Å². The molecular weight excluding hydrogens is 381 g/mol. The van der Waals surface area contributed by atoms with Gasteiger partial charge in [-0.3, -0.25) is 24.3 Å². The van der Waals surface area contributed by atoms with Crippen LogP contribution in [-0.4, -0.2) is 20.4 Å². The van der Waals surface area contributed by atoms with Gasteiger partial charge in [0.2, 0.25) is 5.91 Å². The zero-order valence-electron chi connectivity index (χ0n) is 13.9. The predicted molar refractivity (Wildman–Crippen MR) is 92.7 cm³/mol. The maximum Gasteiger partial charge on any atom is 0.416 e. The number of alkyl halides is 3. The van der Waals surface area contributed by atoms with Gasteiger partial charge < -0.3 is 5.32 Å². The summed E-state index contributed by atoms with van der Waals surface area (Å²) in [6.07, 6.45) is -3.48. The molecule has 3 rings (SSSR count). The van der Waals surface area contributed by atoms with Crippen molar-refractivity contribution in [2.75, 3.05) is 5.32 Å². The number of nitro benzene ring substituents is 1. The van der Waals surface area contributed by atoms with E-state index in [1.807, 2.05) is 0 Å². The van der Waals surface area contributed by atoms with E-state index < -0.39 is 34.7 Å². The molecule has 1 aromatic heterocycles. The van der Waals surface area contributed by atoms with Crippen LogP contribution in [-0.2, 0) is 17.5 Å². The van der Waals surface area contributed by atoms with E-state index in [1.54, 1.807) is 0 Å². The average Bonchev–Trinajstić information content (AvgIpc) is 2.63. The van der Waals surface area contributed by atoms with Crippen molar-refractivity contribution in [2.45, 2.75) is 12.7 Å². The summed E-state index contributed by atoms with van der Waals surface area (Å²) in [5, 5.41) is 13.1. The minimum absolute atomic E-state index is 0.0523. The topological polar surface area (TPSA) is 107 Å². The number of non-ortho nitro benzene ring substituents is 1. The molecule has 2 aromatic carbocycles. The second-order valence-electron chi connectivity index (χ2n) is 5.76. The summed E-state index contributed by atoms with van der Waals surface area (Å²) in [5.74, 6) is -0.756. The van der Waals surface area contributed by atoms with Gasteiger partial charge in [0.25, 0.3) is 11.2 Å². The summed E-state index contributed by atoms with van der Waals surface area (Å²) in [4.78, 5) is 38.7. The lowest BCUT2D eigenvalue weighted by atomic mass is 10.2. The van der Waals surface area contributed by atoms with Crippen molar-refractivity contribution in [3.05, 3.63) is 74.8 Å². The van der Waals surface area contributed by atoms with Gasteiger partial charge in [0, 0.05) is 17.8 Å². The molecule has 1 heterocycles. The van der Waals surface area contributed by atoms with Crippen molar-refractivity contribution in [3.63, 3.8) is 0 Å². The summed E-state index contributed by atoms with van der Waals surface area (Å²) in [5.41, 5.74) is -1.80. The van der Waals surface area contributed by atoms with Crippen LogP contribution in [0.3, 0.4) is 0 Å². The maximum atomic E-state index is 12.7. The lowest BCUT2D eigenvalue weighted by Gasteiger charge is -2.11. The number of rotatable bonds is 4. The molecule has 1 amide bonds. The average molecular weight is 392 g/mol. The van der Waals surface area contributed by atoms with Crippen LogP contribution in [0.15, 0.2) is 53.6 Å². The van der Waals surface area contributed by atoms with Gasteiger partial charge in [-0.25, -0.2) is 4.98 Å².